The van der Waals surface area contributed by atoms with Crippen LogP contribution in [0.15, 0.2) is 36.7 Å². The molecular weight excluding hydrogens is 424 g/mol. The topological polar surface area (TPSA) is 55.1 Å². The molecule has 8 heteroatoms. The standard InChI is InChI=1S/C22H22FN5.2ClH/c1-13-11-28-12-17(9-22(28)14(2)25-13)16-7-19(23)18-10-20(26-27-21(18)8-16)15-3-5-24-6-4-15;;/h7-12,15,24H,3-6H2,1-2H3;2*1H. The van der Waals surface area contributed by atoms with Crippen LogP contribution < -0.4 is 5.32 Å². The minimum absolute atomic E-state index is 0. The number of nitrogens with zero attached hydrogens (tertiary/aromatic N) is 4. The number of aromatic nitrogens is 4. The molecule has 158 valence electrons. The maximum Gasteiger partial charge on any atom is 0.133 e. The number of halogens is 3. The minimum Gasteiger partial charge on any atom is -0.320 e. The highest BCUT2D eigenvalue weighted by Crippen LogP contribution is 2.31. The zero-order valence-corrected chi connectivity index (χ0v) is 18.5. The van der Waals surface area contributed by atoms with Crippen LogP contribution in [0.2, 0.25) is 0 Å². The van der Waals surface area contributed by atoms with Gasteiger partial charge < -0.3 is 9.72 Å². The summed E-state index contributed by atoms with van der Waals surface area (Å²) in [5.41, 5.74) is 6.16. The first-order valence-electron chi connectivity index (χ1n) is 9.72. The van der Waals surface area contributed by atoms with Crippen LogP contribution in [0.1, 0.15) is 35.8 Å². The Morgan fingerprint density at radius 3 is 2.50 bits per heavy atom. The summed E-state index contributed by atoms with van der Waals surface area (Å²) in [6, 6.07) is 7.44. The van der Waals surface area contributed by atoms with Crippen molar-refractivity contribution in [2.45, 2.75) is 32.6 Å². The van der Waals surface area contributed by atoms with Crippen LogP contribution in [0.5, 0.6) is 0 Å². The molecule has 1 saturated heterocycles. The number of nitrogens with one attached hydrogen (secondary N) is 1. The monoisotopic (exact) mass is 447 g/mol. The summed E-state index contributed by atoms with van der Waals surface area (Å²) in [5.74, 6) is 0.103. The Labute approximate surface area is 186 Å². The van der Waals surface area contributed by atoms with Crippen molar-refractivity contribution in [3.8, 4) is 11.1 Å². The molecule has 0 atom stereocenters. The van der Waals surface area contributed by atoms with Crippen LogP contribution in [0.3, 0.4) is 0 Å². The zero-order valence-electron chi connectivity index (χ0n) is 16.9. The molecule has 0 radical (unpaired) electrons. The zero-order chi connectivity index (χ0) is 19.3. The lowest BCUT2D eigenvalue weighted by Gasteiger charge is -2.21. The van der Waals surface area contributed by atoms with Crippen LogP contribution in [-0.2, 0) is 0 Å². The highest BCUT2D eigenvalue weighted by Gasteiger charge is 2.19. The lowest BCUT2D eigenvalue weighted by molar-refractivity contribution is 0.451. The molecule has 30 heavy (non-hydrogen) atoms. The average Bonchev–Trinajstić information content (AvgIpc) is 3.13. The maximum atomic E-state index is 15.0. The predicted molar refractivity (Wildman–Crippen MR) is 122 cm³/mol. The SMILES string of the molecule is Cc1cn2cc(-c3cc(F)c4cc(C5CCNCC5)nnc4c3)cc2c(C)n1.Cl.Cl. The van der Waals surface area contributed by atoms with Crippen molar-refractivity contribution in [2.24, 2.45) is 0 Å². The van der Waals surface area contributed by atoms with Crippen molar-refractivity contribution in [3.05, 3.63) is 59.6 Å². The van der Waals surface area contributed by atoms with Gasteiger partial charge in [-0.15, -0.1) is 24.8 Å². The van der Waals surface area contributed by atoms with Crippen LogP contribution in [-0.4, -0.2) is 32.7 Å². The van der Waals surface area contributed by atoms with E-state index in [2.05, 4.69) is 20.5 Å². The minimum atomic E-state index is -0.251. The molecule has 1 aliphatic rings. The van der Waals surface area contributed by atoms with Gasteiger partial charge >= 0.3 is 0 Å². The Bertz CT molecular complexity index is 1200. The van der Waals surface area contributed by atoms with Gasteiger partial charge in [0.1, 0.15) is 5.82 Å². The second kappa shape index (κ2) is 8.84. The van der Waals surface area contributed by atoms with Gasteiger partial charge in [0, 0.05) is 29.3 Å². The van der Waals surface area contributed by atoms with E-state index in [0.29, 0.717) is 16.8 Å². The van der Waals surface area contributed by atoms with Gasteiger partial charge in [-0.2, -0.15) is 10.2 Å². The fraction of sp³-hybridized carbons (Fsp3) is 0.318. The second-order valence-electron chi connectivity index (χ2n) is 7.67. The van der Waals surface area contributed by atoms with Crippen molar-refractivity contribution in [1.29, 1.82) is 0 Å². The Balaban J connectivity index is 0.00000128. The van der Waals surface area contributed by atoms with Gasteiger partial charge in [-0.25, -0.2) is 4.39 Å². The Morgan fingerprint density at radius 1 is 0.967 bits per heavy atom. The summed E-state index contributed by atoms with van der Waals surface area (Å²) in [6.45, 7) is 5.90. The summed E-state index contributed by atoms with van der Waals surface area (Å²) >= 11 is 0. The lowest BCUT2D eigenvalue weighted by atomic mass is 9.93. The third-order valence-corrected chi connectivity index (χ3v) is 5.65. The molecule has 1 N–H and O–H groups in total. The molecule has 4 heterocycles. The molecule has 1 fully saturated rings. The molecule has 3 aromatic heterocycles. The van der Waals surface area contributed by atoms with E-state index < -0.39 is 0 Å². The van der Waals surface area contributed by atoms with Crippen LogP contribution in [0, 0.1) is 19.7 Å². The summed E-state index contributed by atoms with van der Waals surface area (Å²) in [7, 11) is 0. The fourth-order valence-corrected chi connectivity index (χ4v) is 4.19. The predicted octanol–water partition coefficient (Wildman–Crippen LogP) is 5.01. The van der Waals surface area contributed by atoms with E-state index >= 15 is 0 Å². The summed E-state index contributed by atoms with van der Waals surface area (Å²) in [6.07, 6.45) is 6.02. The van der Waals surface area contributed by atoms with Crippen LogP contribution >= 0.6 is 24.8 Å². The average molecular weight is 448 g/mol. The Kier molecular flexibility index (Phi) is 6.60. The third-order valence-electron chi connectivity index (χ3n) is 5.65. The highest BCUT2D eigenvalue weighted by molar-refractivity contribution is 5.86. The Hall–Kier alpha value is -2.28. The molecule has 0 spiro atoms. The van der Waals surface area contributed by atoms with E-state index in [0.717, 1.165) is 59.7 Å². The van der Waals surface area contributed by atoms with Crippen molar-refractivity contribution in [1.82, 2.24) is 24.9 Å². The molecule has 0 amide bonds. The quantitative estimate of drug-likeness (QED) is 0.469. The highest BCUT2D eigenvalue weighted by atomic mass is 35.5. The van der Waals surface area contributed by atoms with Crippen molar-refractivity contribution >= 4 is 41.2 Å². The molecule has 0 aliphatic carbocycles. The first kappa shape index (κ1) is 22.4. The fourth-order valence-electron chi connectivity index (χ4n) is 4.19. The molecule has 5 rings (SSSR count). The second-order valence-corrected chi connectivity index (χ2v) is 7.67. The number of hydrogen-bond donors (Lipinski definition) is 1. The molecule has 1 aromatic carbocycles. The van der Waals surface area contributed by atoms with Crippen molar-refractivity contribution in [3.63, 3.8) is 0 Å². The Morgan fingerprint density at radius 2 is 1.73 bits per heavy atom. The van der Waals surface area contributed by atoms with Gasteiger partial charge in [0.25, 0.3) is 0 Å². The van der Waals surface area contributed by atoms with Gasteiger partial charge in [0.05, 0.1) is 28.1 Å². The summed E-state index contributed by atoms with van der Waals surface area (Å²) in [4.78, 5) is 4.51. The van der Waals surface area contributed by atoms with Crippen LogP contribution in [0.25, 0.3) is 27.5 Å². The van der Waals surface area contributed by atoms with E-state index in [-0.39, 0.29) is 30.6 Å². The van der Waals surface area contributed by atoms with E-state index in [1.54, 1.807) is 6.07 Å². The molecule has 0 unspecified atom stereocenters. The summed E-state index contributed by atoms with van der Waals surface area (Å²) in [5, 5.41) is 12.7. The van der Waals surface area contributed by atoms with Gasteiger partial charge in [0.15, 0.2) is 0 Å². The van der Waals surface area contributed by atoms with Crippen molar-refractivity contribution in [2.75, 3.05) is 13.1 Å². The van der Waals surface area contributed by atoms with E-state index in [1.165, 1.54) is 0 Å². The smallest absolute Gasteiger partial charge is 0.133 e. The first-order valence-corrected chi connectivity index (χ1v) is 9.72. The molecule has 5 nitrogen and oxygen atoms in total. The summed E-state index contributed by atoms with van der Waals surface area (Å²) < 4.78 is 17.0. The maximum absolute atomic E-state index is 15.0. The number of aryl methyl sites for hydroxylation is 2. The van der Waals surface area contributed by atoms with E-state index in [1.807, 2.05) is 48.8 Å². The number of hydrogen-bond acceptors (Lipinski definition) is 4. The molecule has 4 aromatic rings. The number of rotatable bonds is 2. The van der Waals surface area contributed by atoms with Gasteiger partial charge in [0.2, 0.25) is 0 Å². The first-order chi connectivity index (χ1) is 13.6. The number of fused-ring (bicyclic) bond motifs is 2. The number of piperidine rings is 1. The van der Waals surface area contributed by atoms with Crippen molar-refractivity contribution < 1.29 is 4.39 Å². The van der Waals surface area contributed by atoms with Crippen LogP contribution in [0.4, 0.5) is 4.39 Å². The largest absolute Gasteiger partial charge is 0.320 e. The van der Waals surface area contributed by atoms with E-state index in [4.69, 9.17) is 0 Å². The normalized spacial score (nSPS) is 14.5. The van der Waals surface area contributed by atoms with E-state index in [9.17, 15) is 4.39 Å². The van der Waals surface area contributed by atoms with Gasteiger partial charge in [-0.1, -0.05) is 0 Å². The number of benzene rings is 1. The molecule has 0 saturated carbocycles. The molecule has 0 bridgehead atoms. The molecular formula is C22H24Cl2FN5. The van der Waals surface area contributed by atoms with Gasteiger partial charge in [-0.3, -0.25) is 4.98 Å². The van der Waals surface area contributed by atoms with Gasteiger partial charge in [-0.05, 0) is 69.6 Å². The third kappa shape index (κ3) is 4.00. The molecule has 1 aliphatic heterocycles. The lowest BCUT2D eigenvalue weighted by Crippen LogP contribution is -2.27.